The van der Waals surface area contributed by atoms with Gasteiger partial charge in [-0.05, 0) is 73.2 Å². The number of carboxylic acids is 1. The molecule has 27 heavy (non-hydrogen) atoms. The number of ketones is 1. The monoisotopic (exact) mass is 356 g/mol. The molecule has 3 rings (SSSR count). The van der Waals surface area contributed by atoms with E-state index in [-0.39, 0.29) is 22.7 Å². The molecule has 0 saturated carbocycles. The highest BCUT2D eigenvalue weighted by molar-refractivity contribution is 6.10. The fourth-order valence-electron chi connectivity index (χ4n) is 2.53. The van der Waals surface area contributed by atoms with Gasteiger partial charge in [0, 0.05) is 16.7 Å². The summed E-state index contributed by atoms with van der Waals surface area (Å²) in [6.07, 6.45) is 0. The number of hydrogen-bond acceptors (Lipinski definition) is 3. The van der Waals surface area contributed by atoms with Gasteiger partial charge in [0.05, 0.1) is 11.1 Å². The molecule has 0 unspecified atom stereocenters. The van der Waals surface area contributed by atoms with Crippen LogP contribution in [0.3, 0.4) is 0 Å². The zero-order chi connectivity index (χ0) is 19.4. The predicted molar refractivity (Wildman–Crippen MR) is 102 cm³/mol. The summed E-state index contributed by atoms with van der Waals surface area (Å²) in [5, 5.41) is 18.9. The van der Waals surface area contributed by atoms with Crippen LogP contribution >= 0.6 is 0 Å². The van der Waals surface area contributed by atoms with E-state index in [0.29, 0.717) is 11.1 Å². The van der Waals surface area contributed by atoms with Gasteiger partial charge in [-0.2, -0.15) is 0 Å². The van der Waals surface area contributed by atoms with Crippen LogP contribution in [0.1, 0.15) is 43.0 Å². The van der Waals surface area contributed by atoms with Crippen molar-refractivity contribution in [1.82, 2.24) is 0 Å². The molecule has 132 valence electrons. The van der Waals surface area contributed by atoms with Crippen LogP contribution in [0.4, 0.5) is 0 Å². The van der Waals surface area contributed by atoms with Crippen molar-refractivity contribution in [2.75, 3.05) is 0 Å². The molecule has 0 atom stereocenters. The van der Waals surface area contributed by atoms with Crippen LogP contribution in [0.25, 0.3) is 0 Å². The van der Waals surface area contributed by atoms with Crippen molar-refractivity contribution < 1.29 is 19.8 Å². The van der Waals surface area contributed by atoms with E-state index in [0.717, 1.165) is 11.1 Å². The molecular weight excluding hydrogens is 340 g/mol. The number of aryl methyl sites for hydroxylation is 1. The van der Waals surface area contributed by atoms with Crippen molar-refractivity contribution in [2.24, 2.45) is 0 Å². The Kier molecular flexibility index (Phi) is 5.05. The first-order valence-corrected chi connectivity index (χ1v) is 8.24. The average molecular weight is 356 g/mol. The third-order valence-electron chi connectivity index (χ3n) is 4.03. The zero-order valence-electron chi connectivity index (χ0n) is 14.6. The van der Waals surface area contributed by atoms with Crippen LogP contribution in [0.5, 0.6) is 5.75 Å². The van der Waals surface area contributed by atoms with E-state index in [1.165, 1.54) is 12.1 Å². The third kappa shape index (κ3) is 4.23. The Labute approximate surface area is 156 Å². The van der Waals surface area contributed by atoms with E-state index in [1.807, 2.05) is 6.92 Å². The second-order valence-corrected chi connectivity index (χ2v) is 6.06. The van der Waals surface area contributed by atoms with Gasteiger partial charge < -0.3 is 10.2 Å². The first-order valence-electron chi connectivity index (χ1n) is 8.24. The van der Waals surface area contributed by atoms with E-state index >= 15 is 0 Å². The van der Waals surface area contributed by atoms with E-state index in [4.69, 9.17) is 5.11 Å². The molecule has 0 bridgehead atoms. The number of phenols is 1. The van der Waals surface area contributed by atoms with Gasteiger partial charge in [-0.3, -0.25) is 4.79 Å². The van der Waals surface area contributed by atoms with E-state index in [1.54, 1.807) is 54.6 Å². The fourth-order valence-corrected chi connectivity index (χ4v) is 2.53. The van der Waals surface area contributed by atoms with Crippen LogP contribution in [0.15, 0.2) is 66.7 Å². The van der Waals surface area contributed by atoms with Crippen LogP contribution in [0, 0.1) is 18.8 Å². The molecule has 0 aliphatic heterocycles. The third-order valence-corrected chi connectivity index (χ3v) is 4.03. The molecule has 0 aromatic heterocycles. The highest BCUT2D eigenvalue weighted by Crippen LogP contribution is 2.22. The first kappa shape index (κ1) is 18.0. The molecule has 3 aromatic carbocycles. The van der Waals surface area contributed by atoms with Crippen molar-refractivity contribution in [3.05, 3.63) is 100 Å². The molecule has 3 aromatic rings. The highest BCUT2D eigenvalue weighted by Gasteiger charge is 2.13. The minimum atomic E-state index is -0.977. The van der Waals surface area contributed by atoms with Crippen LogP contribution in [-0.4, -0.2) is 22.0 Å². The Hall–Kier alpha value is -3.84. The van der Waals surface area contributed by atoms with E-state index < -0.39 is 5.97 Å². The summed E-state index contributed by atoms with van der Waals surface area (Å²) in [6, 6.07) is 18.0. The number of phenolic OH excluding ortho intramolecular Hbond substituents is 1. The lowest BCUT2D eigenvalue weighted by Crippen LogP contribution is -2.01. The minimum Gasteiger partial charge on any atom is -0.507 e. The predicted octanol–water partition coefficient (Wildman–Crippen LogP) is 4.03. The van der Waals surface area contributed by atoms with Crippen molar-refractivity contribution in [2.45, 2.75) is 6.92 Å². The largest absolute Gasteiger partial charge is 0.507 e. The van der Waals surface area contributed by atoms with Crippen molar-refractivity contribution in [3.8, 4) is 17.6 Å². The lowest BCUT2D eigenvalue weighted by Gasteiger charge is -2.05. The van der Waals surface area contributed by atoms with Crippen LogP contribution in [0.2, 0.25) is 0 Å². The van der Waals surface area contributed by atoms with Gasteiger partial charge in [-0.15, -0.1) is 0 Å². The molecule has 0 fully saturated rings. The van der Waals surface area contributed by atoms with Crippen molar-refractivity contribution in [3.63, 3.8) is 0 Å². The van der Waals surface area contributed by atoms with Gasteiger partial charge in [0.15, 0.2) is 5.78 Å². The van der Waals surface area contributed by atoms with Crippen LogP contribution < -0.4 is 0 Å². The Morgan fingerprint density at radius 1 is 0.778 bits per heavy atom. The SMILES string of the molecule is Cc1ccc(C(=O)c2ccc(C#Cc3ccc(C(=O)O)cc3)cc2)c(O)c1. The Balaban J connectivity index is 1.78. The fraction of sp³-hybridized carbons (Fsp3) is 0.0435. The summed E-state index contributed by atoms with van der Waals surface area (Å²) in [5.41, 5.74) is 3.24. The Morgan fingerprint density at radius 3 is 1.78 bits per heavy atom. The van der Waals surface area contributed by atoms with Crippen molar-refractivity contribution >= 4 is 11.8 Å². The molecule has 2 N–H and O–H groups in total. The molecule has 0 aliphatic rings. The molecule has 4 heteroatoms. The normalized spacial score (nSPS) is 9.96. The smallest absolute Gasteiger partial charge is 0.335 e. The summed E-state index contributed by atoms with van der Waals surface area (Å²) in [6.45, 7) is 1.84. The van der Waals surface area contributed by atoms with Gasteiger partial charge in [0.25, 0.3) is 0 Å². The maximum atomic E-state index is 12.5. The quantitative estimate of drug-likeness (QED) is 0.549. The zero-order valence-corrected chi connectivity index (χ0v) is 14.6. The number of hydrogen-bond donors (Lipinski definition) is 2. The van der Waals surface area contributed by atoms with E-state index in [2.05, 4.69) is 11.8 Å². The second kappa shape index (κ2) is 7.59. The number of aromatic carboxylic acids is 1. The second-order valence-electron chi connectivity index (χ2n) is 6.06. The number of aromatic hydroxyl groups is 1. The lowest BCUT2D eigenvalue weighted by atomic mass is 10.00. The van der Waals surface area contributed by atoms with Gasteiger partial charge in [-0.1, -0.05) is 17.9 Å². The summed E-state index contributed by atoms with van der Waals surface area (Å²) in [5.74, 6) is 4.67. The van der Waals surface area contributed by atoms with Gasteiger partial charge in [0.1, 0.15) is 5.75 Å². The lowest BCUT2D eigenvalue weighted by molar-refractivity contribution is 0.0696. The van der Waals surface area contributed by atoms with E-state index in [9.17, 15) is 14.7 Å². The number of benzene rings is 3. The van der Waals surface area contributed by atoms with Gasteiger partial charge in [-0.25, -0.2) is 4.79 Å². The van der Waals surface area contributed by atoms with Gasteiger partial charge in [0.2, 0.25) is 0 Å². The van der Waals surface area contributed by atoms with Crippen LogP contribution in [-0.2, 0) is 0 Å². The molecule has 4 nitrogen and oxygen atoms in total. The number of carbonyl (C=O) groups is 2. The number of rotatable bonds is 3. The van der Waals surface area contributed by atoms with Crippen molar-refractivity contribution in [1.29, 1.82) is 0 Å². The summed E-state index contributed by atoms with van der Waals surface area (Å²) >= 11 is 0. The molecule has 0 spiro atoms. The summed E-state index contributed by atoms with van der Waals surface area (Å²) in [4.78, 5) is 23.4. The topological polar surface area (TPSA) is 74.6 Å². The minimum absolute atomic E-state index is 0.0336. The average Bonchev–Trinajstić information content (AvgIpc) is 2.66. The molecule has 0 heterocycles. The molecule has 0 amide bonds. The Bertz CT molecular complexity index is 1070. The number of carboxylic acid groups (broad SMARTS) is 1. The first-order chi connectivity index (χ1) is 12.9. The summed E-state index contributed by atoms with van der Waals surface area (Å²) in [7, 11) is 0. The standard InChI is InChI=1S/C23H16O4/c1-15-2-13-20(21(24)14-15)22(25)18-9-5-16(6-10-18)3-4-17-7-11-19(12-8-17)23(26)27/h2,5-14,24H,1H3,(H,26,27). The maximum Gasteiger partial charge on any atom is 0.335 e. The highest BCUT2D eigenvalue weighted by atomic mass is 16.4. The molecule has 0 saturated heterocycles. The number of carbonyl (C=O) groups excluding carboxylic acids is 1. The van der Waals surface area contributed by atoms with Gasteiger partial charge >= 0.3 is 5.97 Å². The Morgan fingerprint density at radius 2 is 1.30 bits per heavy atom. The summed E-state index contributed by atoms with van der Waals surface area (Å²) < 4.78 is 0. The maximum absolute atomic E-state index is 12.5. The molecular formula is C23H16O4. The molecule has 0 aliphatic carbocycles. The molecule has 0 radical (unpaired) electrons.